The van der Waals surface area contributed by atoms with Crippen molar-refractivity contribution in [2.75, 3.05) is 24.4 Å². The Labute approximate surface area is 232 Å². The van der Waals surface area contributed by atoms with Gasteiger partial charge in [0.1, 0.15) is 5.69 Å². The van der Waals surface area contributed by atoms with Crippen LogP contribution in [0.1, 0.15) is 46.9 Å². The molecule has 0 unspecified atom stereocenters. The Kier molecular flexibility index (Phi) is 5.81. The molecule has 4 heterocycles. The molecule has 2 amide bonds. The van der Waals surface area contributed by atoms with Crippen LogP contribution in [0, 0.1) is 11.6 Å². The number of nitrogens with zero attached hydrogens (tertiary/aromatic N) is 4. The van der Waals surface area contributed by atoms with Crippen molar-refractivity contribution in [3.05, 3.63) is 87.8 Å². The van der Waals surface area contributed by atoms with Crippen molar-refractivity contribution in [2.45, 2.75) is 25.3 Å². The normalized spacial score (nSPS) is 17.4. The maximum Gasteiger partial charge on any atom is 0.319 e. The summed E-state index contributed by atoms with van der Waals surface area (Å²) in [6.07, 6.45) is 3.09. The van der Waals surface area contributed by atoms with Crippen molar-refractivity contribution in [3.8, 4) is 17.6 Å². The molecule has 2 aromatic carbocycles. The lowest BCUT2D eigenvalue weighted by atomic mass is 9.81. The van der Waals surface area contributed by atoms with Gasteiger partial charge in [0.05, 0.1) is 26.0 Å². The van der Waals surface area contributed by atoms with Gasteiger partial charge in [0.25, 0.3) is 11.8 Å². The first-order valence-corrected chi connectivity index (χ1v) is 12.6. The Balaban J connectivity index is 1.71. The summed E-state index contributed by atoms with van der Waals surface area (Å²) in [5.74, 6) is -3.40. The van der Waals surface area contributed by atoms with Crippen molar-refractivity contribution in [3.63, 3.8) is 0 Å². The minimum atomic E-state index is -1.75. The zero-order valence-corrected chi connectivity index (χ0v) is 22.5. The van der Waals surface area contributed by atoms with Crippen molar-refractivity contribution in [1.82, 2.24) is 14.5 Å². The standard InChI is InChI=1S/C28H22ClF2N5O4/c1-13(2)23-22-16(12-35(23)21-11-32-27(40-4)34-24(21)39-3)25(37)36(15-6-8-18(30)19(31)10-15)28(22)17-7-5-14(29)9-20(17)33-26(28)38/h5-13H,1-4H3,(H,33,38)/t28-/m0/s1. The van der Waals surface area contributed by atoms with Crippen molar-refractivity contribution >= 4 is 34.8 Å². The third kappa shape index (κ3) is 3.37. The van der Waals surface area contributed by atoms with Crippen LogP contribution in [0.2, 0.25) is 5.02 Å². The number of rotatable bonds is 5. The maximum atomic E-state index is 14.5. The molecule has 1 atom stereocenters. The lowest BCUT2D eigenvalue weighted by Gasteiger charge is -2.36. The van der Waals surface area contributed by atoms with Crippen LogP contribution in [-0.4, -0.2) is 40.6 Å². The summed E-state index contributed by atoms with van der Waals surface area (Å²) in [5, 5.41) is 3.23. The Morgan fingerprint density at radius 1 is 1.05 bits per heavy atom. The van der Waals surface area contributed by atoms with E-state index in [-0.39, 0.29) is 29.1 Å². The monoisotopic (exact) mass is 565 g/mol. The highest BCUT2D eigenvalue weighted by atomic mass is 35.5. The number of methoxy groups -OCH3 is 2. The summed E-state index contributed by atoms with van der Waals surface area (Å²) >= 11 is 6.25. The van der Waals surface area contributed by atoms with Crippen LogP contribution in [0.15, 0.2) is 48.8 Å². The number of hydrogen-bond acceptors (Lipinski definition) is 6. The van der Waals surface area contributed by atoms with Gasteiger partial charge in [-0.25, -0.2) is 13.8 Å². The lowest BCUT2D eigenvalue weighted by molar-refractivity contribution is -0.119. The number of fused-ring (bicyclic) bond motifs is 4. The molecule has 0 fully saturated rings. The smallest absolute Gasteiger partial charge is 0.319 e. The van der Waals surface area contributed by atoms with Crippen LogP contribution in [0.4, 0.5) is 20.2 Å². The van der Waals surface area contributed by atoms with Gasteiger partial charge >= 0.3 is 6.01 Å². The number of anilines is 2. The highest BCUT2D eigenvalue weighted by Gasteiger charge is 2.63. The van der Waals surface area contributed by atoms with E-state index in [1.54, 1.807) is 29.0 Å². The summed E-state index contributed by atoms with van der Waals surface area (Å²) in [4.78, 5) is 38.1. The second-order valence-corrected chi connectivity index (χ2v) is 10.1. The fraction of sp³-hybridized carbons (Fsp3) is 0.214. The minimum Gasteiger partial charge on any atom is -0.479 e. The van der Waals surface area contributed by atoms with E-state index in [9.17, 15) is 18.4 Å². The molecule has 0 radical (unpaired) electrons. The molecule has 0 aliphatic carbocycles. The van der Waals surface area contributed by atoms with E-state index in [1.807, 2.05) is 13.8 Å². The molecule has 6 rings (SSSR count). The van der Waals surface area contributed by atoms with Gasteiger partial charge in [-0.15, -0.1) is 0 Å². The van der Waals surface area contributed by atoms with Crippen molar-refractivity contribution in [1.29, 1.82) is 0 Å². The summed E-state index contributed by atoms with van der Waals surface area (Å²) in [6.45, 7) is 3.83. The largest absolute Gasteiger partial charge is 0.479 e. The van der Waals surface area contributed by atoms with Crippen LogP contribution in [0.3, 0.4) is 0 Å². The van der Waals surface area contributed by atoms with E-state index in [0.717, 1.165) is 12.1 Å². The van der Waals surface area contributed by atoms with Gasteiger partial charge in [-0.05, 0) is 30.2 Å². The number of nitrogens with one attached hydrogen (secondary N) is 1. The Morgan fingerprint density at radius 3 is 2.50 bits per heavy atom. The van der Waals surface area contributed by atoms with E-state index in [1.165, 1.54) is 31.4 Å². The van der Waals surface area contributed by atoms with E-state index in [0.29, 0.717) is 33.2 Å². The van der Waals surface area contributed by atoms with Crippen LogP contribution in [-0.2, 0) is 10.3 Å². The summed E-state index contributed by atoms with van der Waals surface area (Å²) in [7, 11) is 2.87. The summed E-state index contributed by atoms with van der Waals surface area (Å²) in [6, 6.07) is 8.05. The molecule has 40 heavy (non-hydrogen) atoms. The van der Waals surface area contributed by atoms with E-state index in [2.05, 4.69) is 15.3 Å². The first kappa shape index (κ1) is 25.8. The molecule has 1 spiro atoms. The second-order valence-electron chi connectivity index (χ2n) is 9.67. The van der Waals surface area contributed by atoms with Crippen molar-refractivity contribution < 1.29 is 27.8 Å². The Morgan fingerprint density at radius 2 is 1.82 bits per heavy atom. The van der Waals surface area contributed by atoms with E-state index >= 15 is 0 Å². The Bertz CT molecular complexity index is 1740. The van der Waals surface area contributed by atoms with E-state index < -0.39 is 29.0 Å². The van der Waals surface area contributed by atoms with Gasteiger partial charge in [-0.3, -0.25) is 14.5 Å². The average Bonchev–Trinajstić information content (AvgIpc) is 3.53. The van der Waals surface area contributed by atoms with Gasteiger partial charge in [0.15, 0.2) is 17.2 Å². The fourth-order valence-corrected chi connectivity index (χ4v) is 5.82. The van der Waals surface area contributed by atoms with E-state index in [4.69, 9.17) is 21.1 Å². The number of benzene rings is 2. The molecule has 204 valence electrons. The third-order valence-corrected chi connectivity index (χ3v) is 7.41. The number of carbonyl (C=O) groups excluding carboxylic acids is 2. The predicted octanol–water partition coefficient (Wildman–Crippen LogP) is 5.20. The molecule has 2 aromatic heterocycles. The predicted molar refractivity (Wildman–Crippen MR) is 143 cm³/mol. The molecule has 0 saturated carbocycles. The number of hydrogen-bond donors (Lipinski definition) is 1. The minimum absolute atomic E-state index is 0.0182. The SMILES string of the molecule is COc1ncc(-n2cc3c(c2C(C)C)[C@@]2(C(=O)Nc4cc(Cl)ccc42)N(c2ccc(F)c(F)c2)C3=O)c(OC)n1. The quantitative estimate of drug-likeness (QED) is 0.357. The van der Waals surface area contributed by atoms with Crippen LogP contribution in [0.5, 0.6) is 11.9 Å². The molecule has 4 aromatic rings. The van der Waals surface area contributed by atoms with Crippen LogP contribution >= 0.6 is 11.6 Å². The first-order valence-electron chi connectivity index (χ1n) is 12.3. The van der Waals surface area contributed by atoms with Crippen LogP contribution < -0.4 is 19.7 Å². The second kappa shape index (κ2) is 9.02. The number of aromatic nitrogens is 3. The van der Waals surface area contributed by atoms with Gasteiger partial charge in [0.2, 0.25) is 5.88 Å². The lowest BCUT2D eigenvalue weighted by Crippen LogP contribution is -2.50. The number of halogens is 3. The topological polar surface area (TPSA) is 98.6 Å². The molecule has 12 heteroatoms. The number of amides is 2. The molecule has 9 nitrogen and oxygen atoms in total. The Hall–Kier alpha value is -4.51. The van der Waals surface area contributed by atoms with Gasteiger partial charge < -0.3 is 19.4 Å². The molecule has 0 saturated heterocycles. The number of carbonyl (C=O) groups is 2. The highest BCUT2D eigenvalue weighted by molar-refractivity contribution is 6.31. The summed E-state index contributed by atoms with van der Waals surface area (Å²) in [5.41, 5.74) is 0.719. The van der Waals surface area contributed by atoms with Crippen molar-refractivity contribution in [2.24, 2.45) is 0 Å². The fourth-order valence-electron chi connectivity index (χ4n) is 5.65. The average molecular weight is 566 g/mol. The number of ether oxygens (including phenoxy) is 2. The molecule has 1 N–H and O–H groups in total. The first-order chi connectivity index (χ1) is 19.1. The van der Waals surface area contributed by atoms with Gasteiger partial charge in [-0.1, -0.05) is 31.5 Å². The van der Waals surface area contributed by atoms with Crippen LogP contribution in [0.25, 0.3) is 5.69 Å². The molecule has 0 bridgehead atoms. The third-order valence-electron chi connectivity index (χ3n) is 7.18. The highest BCUT2D eigenvalue weighted by Crippen LogP contribution is 2.56. The molecular weight excluding hydrogens is 544 g/mol. The zero-order valence-electron chi connectivity index (χ0n) is 21.8. The van der Waals surface area contributed by atoms with Gasteiger partial charge in [-0.2, -0.15) is 4.98 Å². The summed E-state index contributed by atoms with van der Waals surface area (Å²) < 4.78 is 40.8. The molecule has 2 aliphatic heterocycles. The maximum absolute atomic E-state index is 14.5. The van der Waals surface area contributed by atoms with Gasteiger partial charge in [0, 0.05) is 45.5 Å². The molecule has 2 aliphatic rings. The zero-order chi connectivity index (χ0) is 28.5. The molecular formula is C28H22ClF2N5O4.